The van der Waals surface area contributed by atoms with E-state index >= 15 is 0 Å². The van der Waals surface area contributed by atoms with Gasteiger partial charge in [0.15, 0.2) is 0 Å². The molecule has 15 heteroatoms. The lowest BCUT2D eigenvalue weighted by Gasteiger charge is -2.20. The van der Waals surface area contributed by atoms with Crippen LogP contribution in [0.5, 0.6) is 23.0 Å². The van der Waals surface area contributed by atoms with Crippen LogP contribution in [0.3, 0.4) is 0 Å². The van der Waals surface area contributed by atoms with Crippen molar-refractivity contribution in [3.8, 4) is 23.0 Å². The number of nitrogens with one attached hydrogen (secondary N) is 1. The molecule has 3 unspecified atom stereocenters. The van der Waals surface area contributed by atoms with Gasteiger partial charge in [0, 0.05) is 6.42 Å². The summed E-state index contributed by atoms with van der Waals surface area (Å²) < 4.78 is 81.7. The standard InChI is InChI=1S/C23H23F2N2O8P.CH2F2/c1-30-14-3-7-16(8-4-14)34-36(35-17-9-5-15(31-2)6-10-17)32-13-20-18(24)11-21(33-20)27-12-19(25)22(28)26-23(27)29;2-1-3/h3-10,12,18,20-21H,11,13H2,1-2H3,(H,26,28,29);1H2. The summed E-state index contributed by atoms with van der Waals surface area (Å²) in [5.41, 5.74) is -2.07. The molecule has 1 saturated heterocycles. The Morgan fingerprint density at radius 2 is 1.44 bits per heavy atom. The third-order valence-electron chi connectivity index (χ3n) is 5.22. The first-order valence-electron chi connectivity index (χ1n) is 11.3. The molecule has 2 heterocycles. The Morgan fingerprint density at radius 1 is 0.949 bits per heavy atom. The SMILES string of the molecule is COc1ccc(OP(OCC2OC(n3cc(F)c(=O)[nH]c3=O)CC2F)Oc2ccc(OC)cc2)cc1.FCF. The number of aromatic nitrogens is 2. The molecular weight excluding hydrogens is 551 g/mol. The van der Waals surface area contributed by atoms with Gasteiger partial charge in [0.1, 0.15) is 41.5 Å². The maximum atomic E-state index is 14.7. The summed E-state index contributed by atoms with van der Waals surface area (Å²) in [7, 11) is 1.01. The second-order valence-corrected chi connectivity index (χ2v) is 8.75. The zero-order chi connectivity index (χ0) is 28.4. The van der Waals surface area contributed by atoms with E-state index in [4.69, 9.17) is 27.8 Å². The predicted molar refractivity (Wildman–Crippen MR) is 132 cm³/mol. The first kappa shape index (κ1) is 29.9. The maximum Gasteiger partial charge on any atom is 0.463 e. The molecule has 0 saturated carbocycles. The number of methoxy groups -OCH3 is 2. The van der Waals surface area contributed by atoms with Crippen LogP contribution in [0, 0.1) is 5.82 Å². The van der Waals surface area contributed by atoms with Crippen molar-refractivity contribution in [2.45, 2.75) is 24.9 Å². The molecule has 0 bridgehead atoms. The van der Waals surface area contributed by atoms with Crippen molar-refractivity contribution >= 4 is 8.60 Å². The van der Waals surface area contributed by atoms with Gasteiger partial charge in [-0.3, -0.25) is 18.9 Å². The highest BCUT2D eigenvalue weighted by molar-refractivity contribution is 7.42. The van der Waals surface area contributed by atoms with E-state index in [1.54, 1.807) is 48.5 Å². The molecule has 3 aromatic rings. The largest absolute Gasteiger partial charge is 0.497 e. The van der Waals surface area contributed by atoms with Gasteiger partial charge < -0.3 is 23.3 Å². The van der Waals surface area contributed by atoms with Gasteiger partial charge in [-0.25, -0.2) is 18.0 Å². The fraction of sp³-hybridized carbons (Fsp3) is 0.333. The van der Waals surface area contributed by atoms with Crippen molar-refractivity contribution in [3.05, 3.63) is 81.4 Å². The minimum Gasteiger partial charge on any atom is -0.497 e. The van der Waals surface area contributed by atoms with Gasteiger partial charge in [-0.15, -0.1) is 0 Å². The van der Waals surface area contributed by atoms with Crippen LogP contribution in [0.25, 0.3) is 0 Å². The molecule has 3 atom stereocenters. The number of halogens is 4. The first-order valence-corrected chi connectivity index (χ1v) is 12.4. The van der Waals surface area contributed by atoms with Crippen molar-refractivity contribution in [1.29, 1.82) is 0 Å². The van der Waals surface area contributed by atoms with Crippen molar-refractivity contribution in [3.63, 3.8) is 0 Å². The summed E-state index contributed by atoms with van der Waals surface area (Å²) in [6.45, 7) is -2.03. The van der Waals surface area contributed by atoms with Crippen LogP contribution in [-0.2, 0) is 9.26 Å². The summed E-state index contributed by atoms with van der Waals surface area (Å²) in [5, 5.41) is 0. The van der Waals surface area contributed by atoms with Crippen LogP contribution in [0.2, 0.25) is 0 Å². The van der Waals surface area contributed by atoms with E-state index in [1.807, 2.05) is 4.98 Å². The average Bonchev–Trinajstić information content (AvgIpc) is 3.30. The third kappa shape index (κ3) is 8.44. The van der Waals surface area contributed by atoms with Gasteiger partial charge in [-0.1, -0.05) is 0 Å². The maximum absolute atomic E-state index is 14.7. The van der Waals surface area contributed by atoms with Crippen LogP contribution >= 0.6 is 8.60 Å². The Morgan fingerprint density at radius 3 is 1.92 bits per heavy atom. The first-order chi connectivity index (χ1) is 18.8. The lowest BCUT2D eigenvalue weighted by molar-refractivity contribution is -0.0321. The molecular formula is C24H25F4N2O8P. The number of nitrogens with zero attached hydrogens (tertiary/aromatic N) is 1. The molecule has 1 aromatic heterocycles. The molecule has 1 aliphatic heterocycles. The fourth-order valence-electron chi connectivity index (χ4n) is 3.34. The summed E-state index contributed by atoms with van der Waals surface area (Å²) in [6, 6.07) is 13.4. The Labute approximate surface area is 221 Å². The zero-order valence-corrected chi connectivity index (χ0v) is 21.6. The molecule has 1 N–H and O–H groups in total. The number of alkyl halides is 3. The Hall–Kier alpha value is -3.61. The van der Waals surface area contributed by atoms with Crippen molar-refractivity contribution in [1.82, 2.24) is 9.55 Å². The minimum atomic E-state index is -2.06. The smallest absolute Gasteiger partial charge is 0.463 e. The molecule has 212 valence electrons. The average molecular weight is 576 g/mol. The van der Waals surface area contributed by atoms with Crippen molar-refractivity contribution < 1.29 is 45.3 Å². The number of hydrogen-bond donors (Lipinski definition) is 1. The molecule has 0 spiro atoms. The highest BCUT2D eigenvalue weighted by Crippen LogP contribution is 2.43. The van der Waals surface area contributed by atoms with Gasteiger partial charge in [0.05, 0.1) is 27.0 Å². The molecule has 1 aliphatic rings. The Kier molecular flexibility index (Phi) is 11.1. The highest BCUT2D eigenvalue weighted by Gasteiger charge is 2.38. The molecule has 39 heavy (non-hydrogen) atoms. The molecule has 1 fully saturated rings. The normalized spacial score (nSPS) is 18.3. The molecule has 4 rings (SSSR count). The predicted octanol–water partition coefficient (Wildman–Crippen LogP) is 4.60. The van der Waals surface area contributed by atoms with Crippen LogP contribution in [0.15, 0.2) is 64.3 Å². The van der Waals surface area contributed by atoms with Crippen LogP contribution in [0.4, 0.5) is 17.6 Å². The molecule has 2 aromatic carbocycles. The van der Waals surface area contributed by atoms with E-state index in [2.05, 4.69) is 0 Å². The van der Waals surface area contributed by atoms with E-state index < -0.39 is 51.1 Å². The number of ether oxygens (including phenoxy) is 3. The fourth-order valence-corrected chi connectivity index (χ4v) is 4.33. The van der Waals surface area contributed by atoms with Crippen molar-refractivity contribution in [2.75, 3.05) is 27.8 Å². The second kappa shape index (κ2) is 14.5. The monoisotopic (exact) mass is 576 g/mol. The van der Waals surface area contributed by atoms with Gasteiger partial charge in [-0.05, 0) is 48.5 Å². The number of aromatic amines is 1. The zero-order valence-electron chi connectivity index (χ0n) is 20.7. The van der Waals surface area contributed by atoms with Gasteiger partial charge in [0.25, 0.3) is 5.56 Å². The van der Waals surface area contributed by atoms with E-state index in [0.29, 0.717) is 29.2 Å². The molecule has 0 radical (unpaired) electrons. The van der Waals surface area contributed by atoms with E-state index in [-0.39, 0.29) is 13.0 Å². The number of hydrogen-bond acceptors (Lipinski definition) is 8. The van der Waals surface area contributed by atoms with E-state index in [0.717, 1.165) is 4.57 Å². The Bertz CT molecular complexity index is 1240. The molecule has 0 aliphatic carbocycles. The third-order valence-corrected chi connectivity index (χ3v) is 6.30. The van der Waals surface area contributed by atoms with Crippen LogP contribution in [0.1, 0.15) is 12.6 Å². The van der Waals surface area contributed by atoms with Crippen LogP contribution < -0.4 is 29.8 Å². The molecule has 10 nitrogen and oxygen atoms in total. The number of benzene rings is 2. The van der Waals surface area contributed by atoms with Gasteiger partial charge in [-0.2, -0.15) is 4.39 Å². The summed E-state index contributed by atoms with van der Waals surface area (Å²) in [5.74, 6) is 0.921. The second-order valence-electron chi connectivity index (χ2n) is 7.68. The highest BCUT2D eigenvalue weighted by atomic mass is 31.2. The number of H-pyrrole nitrogens is 1. The Balaban J connectivity index is 0.00000134. The van der Waals surface area contributed by atoms with Crippen LogP contribution in [-0.4, -0.2) is 49.6 Å². The molecule has 0 amide bonds. The summed E-state index contributed by atoms with van der Waals surface area (Å²) in [6.07, 6.45) is -3.30. The minimum absolute atomic E-state index is 0.240. The lowest BCUT2D eigenvalue weighted by Crippen LogP contribution is -2.34. The quantitative estimate of drug-likeness (QED) is 0.276. The summed E-state index contributed by atoms with van der Waals surface area (Å²) in [4.78, 5) is 25.1. The van der Waals surface area contributed by atoms with Crippen molar-refractivity contribution in [2.24, 2.45) is 0 Å². The topological polar surface area (TPSA) is 110 Å². The summed E-state index contributed by atoms with van der Waals surface area (Å²) >= 11 is 0. The van der Waals surface area contributed by atoms with E-state index in [1.165, 1.54) is 14.2 Å². The lowest BCUT2D eigenvalue weighted by atomic mass is 10.2. The number of rotatable bonds is 10. The van der Waals surface area contributed by atoms with E-state index in [9.17, 15) is 27.2 Å². The van der Waals surface area contributed by atoms with Gasteiger partial charge in [0.2, 0.25) is 12.7 Å². The van der Waals surface area contributed by atoms with Gasteiger partial charge >= 0.3 is 14.3 Å².